The molecule has 1 heteroatoms. The Balaban J connectivity index is 0.000000226. The lowest BCUT2D eigenvalue weighted by molar-refractivity contribution is 0.669. The Morgan fingerprint density at radius 1 is 0.524 bits per heavy atom. The Labute approximate surface area is 376 Å². The average molecular weight is 823 g/mol. The topological polar surface area (TPSA) is 13.1 Å². The summed E-state index contributed by atoms with van der Waals surface area (Å²) in [5.41, 5.74) is 19.6. The van der Waals surface area contributed by atoms with Gasteiger partial charge in [-0.3, -0.25) is 0 Å². The SMILES string of the molecule is C=C(Cc1ccccc1)/C(C)=C/C=C\C.CC.Cc1ccccc1.Cc1ccccc1-c1cc(-c2ccc3oc4cccc(-c5cc6ccccc6c(C)c5C)c4c3c2)ccc1C. The van der Waals surface area contributed by atoms with Gasteiger partial charge >= 0.3 is 0 Å². The molecule has 316 valence electrons. The first-order valence-corrected chi connectivity index (χ1v) is 22.3. The van der Waals surface area contributed by atoms with Crippen LogP contribution in [0.5, 0.6) is 0 Å². The van der Waals surface area contributed by atoms with Gasteiger partial charge in [0.25, 0.3) is 0 Å². The van der Waals surface area contributed by atoms with Gasteiger partial charge in [-0.1, -0.05) is 184 Å². The molecule has 0 aliphatic rings. The number of allylic oxidation sites excluding steroid dienone is 5. The summed E-state index contributed by atoms with van der Waals surface area (Å²) in [5.74, 6) is 0. The van der Waals surface area contributed by atoms with Crippen LogP contribution in [0.25, 0.3) is 66.1 Å². The fourth-order valence-corrected chi connectivity index (χ4v) is 7.98. The third-order valence-electron chi connectivity index (χ3n) is 11.7. The number of rotatable bonds is 7. The van der Waals surface area contributed by atoms with Gasteiger partial charge in [-0.15, -0.1) is 0 Å². The zero-order chi connectivity index (χ0) is 44.9. The summed E-state index contributed by atoms with van der Waals surface area (Å²) >= 11 is 0. The van der Waals surface area contributed by atoms with Crippen molar-refractivity contribution >= 4 is 32.7 Å². The average Bonchev–Trinajstić information content (AvgIpc) is 3.70. The highest BCUT2D eigenvalue weighted by molar-refractivity contribution is 6.14. The first-order valence-electron chi connectivity index (χ1n) is 22.3. The highest BCUT2D eigenvalue weighted by Crippen LogP contribution is 2.42. The molecule has 0 amide bonds. The lowest BCUT2D eigenvalue weighted by atomic mass is 9.89. The maximum atomic E-state index is 6.39. The van der Waals surface area contributed by atoms with Crippen molar-refractivity contribution in [1.82, 2.24) is 0 Å². The maximum absolute atomic E-state index is 6.39. The van der Waals surface area contributed by atoms with Gasteiger partial charge in [0.05, 0.1) is 0 Å². The molecular weight excluding hydrogens is 761 g/mol. The third-order valence-corrected chi connectivity index (χ3v) is 11.7. The van der Waals surface area contributed by atoms with E-state index >= 15 is 0 Å². The highest BCUT2D eigenvalue weighted by atomic mass is 16.3. The minimum atomic E-state index is 0.919. The first-order chi connectivity index (χ1) is 30.6. The van der Waals surface area contributed by atoms with E-state index in [-0.39, 0.29) is 0 Å². The van der Waals surface area contributed by atoms with Crippen LogP contribution in [0.15, 0.2) is 210 Å². The Hall–Kier alpha value is -6.96. The summed E-state index contributed by atoms with van der Waals surface area (Å²) in [6.45, 7) is 23.2. The minimum Gasteiger partial charge on any atom is -0.456 e. The van der Waals surface area contributed by atoms with Gasteiger partial charge < -0.3 is 4.42 Å². The van der Waals surface area contributed by atoms with Crippen LogP contribution in [0.3, 0.4) is 0 Å². The van der Waals surface area contributed by atoms with Crippen molar-refractivity contribution in [2.45, 2.75) is 68.7 Å². The van der Waals surface area contributed by atoms with Crippen molar-refractivity contribution in [3.8, 4) is 33.4 Å². The van der Waals surface area contributed by atoms with Crippen LogP contribution in [-0.4, -0.2) is 0 Å². The number of hydrogen-bond acceptors (Lipinski definition) is 1. The molecule has 0 radical (unpaired) electrons. The van der Waals surface area contributed by atoms with Crippen molar-refractivity contribution in [3.63, 3.8) is 0 Å². The fraction of sp³-hybridized carbons (Fsp3) is 0.161. The van der Waals surface area contributed by atoms with Crippen molar-refractivity contribution < 1.29 is 4.42 Å². The molecule has 0 saturated heterocycles. The Bertz CT molecular complexity index is 3010. The van der Waals surface area contributed by atoms with Gasteiger partial charge in [0.2, 0.25) is 0 Å². The van der Waals surface area contributed by atoms with Gasteiger partial charge in [0.15, 0.2) is 0 Å². The molecule has 0 spiro atoms. The molecule has 1 nitrogen and oxygen atoms in total. The molecular formula is C62H62O. The summed E-state index contributed by atoms with van der Waals surface area (Å²) < 4.78 is 6.39. The normalized spacial score (nSPS) is 11.1. The van der Waals surface area contributed by atoms with Gasteiger partial charge in [-0.2, -0.15) is 0 Å². The lowest BCUT2D eigenvalue weighted by Crippen LogP contribution is -1.91. The molecule has 9 rings (SSSR count). The smallest absolute Gasteiger partial charge is 0.136 e. The van der Waals surface area contributed by atoms with Gasteiger partial charge in [0.1, 0.15) is 11.2 Å². The van der Waals surface area contributed by atoms with E-state index in [1.54, 1.807) is 0 Å². The number of fused-ring (bicyclic) bond motifs is 4. The van der Waals surface area contributed by atoms with E-state index < -0.39 is 0 Å². The predicted octanol–water partition coefficient (Wildman–Crippen LogP) is 18.3. The van der Waals surface area contributed by atoms with Gasteiger partial charge in [0, 0.05) is 10.8 Å². The maximum Gasteiger partial charge on any atom is 0.136 e. The second-order valence-electron chi connectivity index (χ2n) is 16.0. The zero-order valence-electron chi connectivity index (χ0n) is 38.7. The lowest BCUT2D eigenvalue weighted by Gasteiger charge is -2.14. The molecule has 1 heterocycles. The standard InChI is InChI=1S/C38H30O.C15H18.C7H8.C2H6/c1-23-10-5-7-12-30(23)33-20-27(17-16-24(33)2)28-18-19-36-35(21-28)38-32(14-9-15-37(38)39-36)34-22-29-11-6-8-13-31(29)25(3)26(34)4;1-4-5-9-13(2)14(3)12-15-10-7-6-8-11-15;1-7-5-3-2-4-6-7;1-2/h5-22H,1-4H3;4-11H,3,12H2,1-2H3;2-6H,1H3;1-2H3/b;5-4-,13-9+;;. The molecule has 1 aromatic heterocycles. The van der Waals surface area contributed by atoms with E-state index in [4.69, 9.17) is 4.42 Å². The summed E-state index contributed by atoms with van der Waals surface area (Å²) in [6.07, 6.45) is 7.11. The molecule has 8 aromatic carbocycles. The van der Waals surface area contributed by atoms with Crippen molar-refractivity contribution in [2.24, 2.45) is 0 Å². The van der Waals surface area contributed by atoms with Crippen molar-refractivity contribution in [2.75, 3.05) is 0 Å². The van der Waals surface area contributed by atoms with Crippen LogP contribution in [0.4, 0.5) is 0 Å². The second kappa shape index (κ2) is 21.7. The molecule has 63 heavy (non-hydrogen) atoms. The number of aryl methyl sites for hydroxylation is 4. The van der Waals surface area contributed by atoms with Crippen molar-refractivity contribution in [3.05, 3.63) is 239 Å². The molecule has 0 unspecified atom stereocenters. The molecule has 0 N–H and O–H groups in total. The van der Waals surface area contributed by atoms with E-state index in [1.807, 2.05) is 57.2 Å². The predicted molar refractivity (Wildman–Crippen MR) is 277 cm³/mol. The highest BCUT2D eigenvalue weighted by Gasteiger charge is 2.17. The van der Waals surface area contributed by atoms with Gasteiger partial charge in [-0.25, -0.2) is 0 Å². The molecule has 0 fully saturated rings. The fourth-order valence-electron chi connectivity index (χ4n) is 7.98. The van der Waals surface area contributed by atoms with Crippen LogP contribution >= 0.6 is 0 Å². The van der Waals surface area contributed by atoms with Crippen molar-refractivity contribution in [1.29, 1.82) is 0 Å². The van der Waals surface area contributed by atoms with Crippen LogP contribution in [0.1, 0.15) is 61.1 Å². The minimum absolute atomic E-state index is 0.919. The summed E-state index contributed by atoms with van der Waals surface area (Å²) in [4.78, 5) is 0. The van der Waals surface area contributed by atoms with E-state index in [9.17, 15) is 0 Å². The number of hydrogen-bond donors (Lipinski definition) is 0. The Morgan fingerprint density at radius 2 is 1.14 bits per heavy atom. The summed E-state index contributed by atoms with van der Waals surface area (Å²) in [6, 6.07) is 60.2. The Morgan fingerprint density at radius 3 is 1.84 bits per heavy atom. The molecule has 0 aliphatic heterocycles. The number of furan rings is 1. The summed E-state index contributed by atoms with van der Waals surface area (Å²) in [5, 5.41) is 4.92. The van der Waals surface area contributed by atoms with Crippen LogP contribution in [0.2, 0.25) is 0 Å². The van der Waals surface area contributed by atoms with E-state index in [0.717, 1.165) is 23.0 Å². The molecule has 0 saturated carbocycles. The quantitative estimate of drug-likeness (QED) is 0.146. The van der Waals surface area contributed by atoms with Crippen LogP contribution < -0.4 is 0 Å². The largest absolute Gasteiger partial charge is 0.456 e. The zero-order valence-corrected chi connectivity index (χ0v) is 38.7. The first kappa shape index (κ1) is 45.6. The van der Waals surface area contributed by atoms with E-state index in [2.05, 4.69) is 200 Å². The van der Waals surface area contributed by atoms with E-state index in [1.165, 1.54) is 94.1 Å². The Kier molecular flexibility index (Phi) is 15.7. The molecule has 0 aliphatic carbocycles. The molecule has 9 aromatic rings. The second-order valence-corrected chi connectivity index (χ2v) is 16.0. The van der Waals surface area contributed by atoms with Gasteiger partial charge in [-0.05, 0) is 168 Å². The summed E-state index contributed by atoms with van der Waals surface area (Å²) in [7, 11) is 0. The third kappa shape index (κ3) is 10.9. The molecule has 0 bridgehead atoms. The van der Waals surface area contributed by atoms with E-state index in [0.29, 0.717) is 0 Å². The monoisotopic (exact) mass is 822 g/mol. The van der Waals surface area contributed by atoms with Crippen LogP contribution in [0, 0.1) is 34.6 Å². The van der Waals surface area contributed by atoms with Crippen LogP contribution in [-0.2, 0) is 6.42 Å². The number of benzene rings is 8. The molecule has 0 atom stereocenters.